The summed E-state index contributed by atoms with van der Waals surface area (Å²) < 4.78 is 0. The minimum atomic E-state index is -0.145. The second-order valence-corrected chi connectivity index (χ2v) is 5.06. The molecule has 1 aliphatic carbocycles. The Bertz CT molecular complexity index is 357. The molecule has 0 aromatic heterocycles. The van der Waals surface area contributed by atoms with Crippen molar-refractivity contribution in [2.24, 2.45) is 11.1 Å². The largest absolute Gasteiger partial charge is 0.396 e. The van der Waals surface area contributed by atoms with Gasteiger partial charge in [-0.25, -0.2) is 0 Å². The summed E-state index contributed by atoms with van der Waals surface area (Å²) >= 11 is 11.8. The number of aliphatic hydroxyl groups is 1. The van der Waals surface area contributed by atoms with E-state index < -0.39 is 0 Å². The lowest BCUT2D eigenvalue weighted by Gasteiger charge is -2.11. The number of aliphatic hydroxyl groups excluding tert-OH is 1. The van der Waals surface area contributed by atoms with Gasteiger partial charge >= 0.3 is 0 Å². The van der Waals surface area contributed by atoms with E-state index in [0.717, 1.165) is 12.0 Å². The van der Waals surface area contributed by atoms with Gasteiger partial charge in [0.2, 0.25) is 0 Å². The van der Waals surface area contributed by atoms with E-state index in [1.54, 1.807) is 6.07 Å². The quantitative estimate of drug-likeness (QED) is 0.860. The molecule has 1 aromatic rings. The van der Waals surface area contributed by atoms with E-state index in [0.29, 0.717) is 22.5 Å². The first-order chi connectivity index (χ1) is 7.11. The van der Waals surface area contributed by atoms with Crippen LogP contribution in [0.25, 0.3) is 0 Å². The predicted molar refractivity (Wildman–Crippen MR) is 62.4 cm³/mol. The zero-order valence-electron chi connectivity index (χ0n) is 8.21. The highest BCUT2D eigenvalue weighted by Crippen LogP contribution is 2.58. The molecule has 2 atom stereocenters. The van der Waals surface area contributed by atoms with Crippen molar-refractivity contribution in [1.29, 1.82) is 0 Å². The summed E-state index contributed by atoms with van der Waals surface area (Å²) in [7, 11) is 0. The van der Waals surface area contributed by atoms with Gasteiger partial charge in [0.25, 0.3) is 0 Å². The van der Waals surface area contributed by atoms with Crippen LogP contribution in [0, 0.1) is 5.41 Å². The van der Waals surface area contributed by atoms with Crippen molar-refractivity contribution in [3.63, 3.8) is 0 Å². The number of nitrogens with two attached hydrogens (primary N) is 1. The van der Waals surface area contributed by atoms with E-state index in [1.807, 2.05) is 12.1 Å². The SMILES string of the molecule is NCC1(CO)CC1c1cc(Cl)cc(Cl)c1. The van der Waals surface area contributed by atoms with Crippen LogP contribution in [0.4, 0.5) is 0 Å². The fourth-order valence-corrected chi connectivity index (χ4v) is 2.60. The molecule has 1 aromatic carbocycles. The first-order valence-corrected chi connectivity index (χ1v) is 5.64. The Balaban J connectivity index is 2.26. The van der Waals surface area contributed by atoms with Gasteiger partial charge in [0.1, 0.15) is 0 Å². The van der Waals surface area contributed by atoms with Crippen LogP contribution in [0.3, 0.4) is 0 Å². The molecule has 0 spiro atoms. The second-order valence-electron chi connectivity index (χ2n) is 4.18. The molecule has 15 heavy (non-hydrogen) atoms. The molecule has 0 heterocycles. The smallest absolute Gasteiger partial charge is 0.0505 e. The molecule has 2 nitrogen and oxygen atoms in total. The maximum absolute atomic E-state index is 9.28. The van der Waals surface area contributed by atoms with Crippen molar-refractivity contribution < 1.29 is 5.11 Å². The number of rotatable bonds is 3. The highest BCUT2D eigenvalue weighted by Gasteiger charge is 2.53. The van der Waals surface area contributed by atoms with Crippen molar-refractivity contribution in [2.45, 2.75) is 12.3 Å². The summed E-state index contributed by atoms with van der Waals surface area (Å²) in [5.41, 5.74) is 6.59. The van der Waals surface area contributed by atoms with E-state index >= 15 is 0 Å². The first-order valence-electron chi connectivity index (χ1n) is 4.88. The lowest BCUT2D eigenvalue weighted by molar-refractivity contribution is 0.211. The Morgan fingerprint density at radius 1 is 1.33 bits per heavy atom. The van der Waals surface area contributed by atoms with Crippen LogP contribution in [-0.2, 0) is 0 Å². The van der Waals surface area contributed by atoms with Crippen LogP contribution in [0.1, 0.15) is 17.9 Å². The van der Waals surface area contributed by atoms with E-state index in [-0.39, 0.29) is 12.0 Å². The molecule has 1 fully saturated rings. The fraction of sp³-hybridized carbons (Fsp3) is 0.455. The molecule has 1 aliphatic rings. The Kier molecular flexibility index (Phi) is 2.95. The van der Waals surface area contributed by atoms with Crippen LogP contribution in [0.5, 0.6) is 0 Å². The molecule has 2 rings (SSSR count). The summed E-state index contributed by atoms with van der Waals surface area (Å²) in [6.45, 7) is 0.622. The molecular formula is C11H13Cl2NO. The van der Waals surface area contributed by atoms with Gasteiger partial charge in [-0.15, -0.1) is 0 Å². The van der Waals surface area contributed by atoms with Gasteiger partial charge in [0, 0.05) is 22.0 Å². The number of benzene rings is 1. The standard InChI is InChI=1S/C11H13Cl2NO/c12-8-1-7(2-9(13)3-8)10-4-11(10,5-14)6-15/h1-3,10,15H,4-6,14H2. The fourth-order valence-electron chi connectivity index (χ4n) is 2.06. The maximum atomic E-state index is 9.28. The molecule has 0 aliphatic heterocycles. The van der Waals surface area contributed by atoms with Gasteiger partial charge in [-0.1, -0.05) is 23.2 Å². The van der Waals surface area contributed by atoms with Gasteiger partial charge < -0.3 is 10.8 Å². The molecule has 3 N–H and O–H groups in total. The average Bonchev–Trinajstić information content (AvgIpc) is 2.91. The number of hydrogen-bond donors (Lipinski definition) is 2. The minimum Gasteiger partial charge on any atom is -0.396 e. The number of hydrogen-bond acceptors (Lipinski definition) is 2. The van der Waals surface area contributed by atoms with E-state index in [1.165, 1.54) is 0 Å². The van der Waals surface area contributed by atoms with Crippen LogP contribution in [0.2, 0.25) is 10.0 Å². The van der Waals surface area contributed by atoms with Crippen LogP contribution in [0.15, 0.2) is 18.2 Å². The lowest BCUT2D eigenvalue weighted by Crippen LogP contribution is -2.21. The topological polar surface area (TPSA) is 46.2 Å². The number of halogens is 2. The molecule has 4 heteroatoms. The lowest BCUT2D eigenvalue weighted by atomic mass is 10.0. The predicted octanol–water partition coefficient (Wildman–Crippen LogP) is 2.42. The summed E-state index contributed by atoms with van der Waals surface area (Å²) in [4.78, 5) is 0. The molecule has 0 amide bonds. The Labute approximate surface area is 99.0 Å². The summed E-state index contributed by atoms with van der Waals surface area (Å²) in [5.74, 6) is 0.295. The molecular weight excluding hydrogens is 233 g/mol. The normalized spacial score (nSPS) is 29.2. The van der Waals surface area contributed by atoms with Gasteiger partial charge in [0.05, 0.1) is 6.61 Å². The first kappa shape index (κ1) is 11.2. The Morgan fingerprint density at radius 2 is 1.93 bits per heavy atom. The second kappa shape index (κ2) is 3.95. The summed E-state index contributed by atoms with van der Waals surface area (Å²) in [6.07, 6.45) is 0.913. The Morgan fingerprint density at radius 3 is 2.33 bits per heavy atom. The van der Waals surface area contributed by atoms with E-state index in [2.05, 4.69) is 0 Å². The van der Waals surface area contributed by atoms with Crippen molar-refractivity contribution in [3.05, 3.63) is 33.8 Å². The van der Waals surface area contributed by atoms with Gasteiger partial charge in [-0.2, -0.15) is 0 Å². The van der Waals surface area contributed by atoms with Crippen molar-refractivity contribution in [2.75, 3.05) is 13.2 Å². The maximum Gasteiger partial charge on any atom is 0.0505 e. The van der Waals surface area contributed by atoms with Crippen molar-refractivity contribution in [3.8, 4) is 0 Å². The van der Waals surface area contributed by atoms with Crippen molar-refractivity contribution >= 4 is 23.2 Å². The van der Waals surface area contributed by atoms with Crippen LogP contribution >= 0.6 is 23.2 Å². The monoisotopic (exact) mass is 245 g/mol. The molecule has 1 saturated carbocycles. The van der Waals surface area contributed by atoms with Crippen molar-refractivity contribution in [1.82, 2.24) is 0 Å². The molecule has 82 valence electrons. The molecule has 0 radical (unpaired) electrons. The highest BCUT2D eigenvalue weighted by atomic mass is 35.5. The van der Waals surface area contributed by atoms with E-state index in [4.69, 9.17) is 28.9 Å². The summed E-state index contributed by atoms with van der Waals surface area (Å²) in [5, 5.41) is 10.5. The summed E-state index contributed by atoms with van der Waals surface area (Å²) in [6, 6.07) is 5.49. The van der Waals surface area contributed by atoms with E-state index in [9.17, 15) is 5.11 Å². The van der Waals surface area contributed by atoms with Crippen LogP contribution < -0.4 is 5.73 Å². The zero-order valence-corrected chi connectivity index (χ0v) is 9.72. The Hall–Kier alpha value is -0.280. The minimum absolute atomic E-state index is 0.123. The zero-order chi connectivity index (χ0) is 11.1. The molecule has 0 saturated heterocycles. The van der Waals surface area contributed by atoms with Gasteiger partial charge in [-0.3, -0.25) is 0 Å². The van der Waals surface area contributed by atoms with Gasteiger partial charge in [0.15, 0.2) is 0 Å². The van der Waals surface area contributed by atoms with Gasteiger partial charge in [-0.05, 0) is 36.1 Å². The molecule has 0 bridgehead atoms. The third kappa shape index (κ3) is 2.00. The third-order valence-corrected chi connectivity index (χ3v) is 3.63. The average molecular weight is 246 g/mol. The third-order valence-electron chi connectivity index (χ3n) is 3.20. The highest BCUT2D eigenvalue weighted by molar-refractivity contribution is 6.34. The van der Waals surface area contributed by atoms with Crippen LogP contribution in [-0.4, -0.2) is 18.3 Å². The molecule has 2 unspecified atom stereocenters.